The zero-order valence-corrected chi connectivity index (χ0v) is 7.86. The van der Waals surface area contributed by atoms with Gasteiger partial charge >= 0.3 is 5.97 Å². The number of carboxylic acids is 1. The molecule has 0 saturated heterocycles. The van der Waals surface area contributed by atoms with Gasteiger partial charge in [0.2, 0.25) is 0 Å². The molecular weight excluding hydrogens is 199 g/mol. The summed E-state index contributed by atoms with van der Waals surface area (Å²) in [6.45, 7) is 1.59. The van der Waals surface area contributed by atoms with Crippen LogP contribution >= 0.6 is 0 Å². The number of halogens is 1. The van der Waals surface area contributed by atoms with Gasteiger partial charge in [0.05, 0.1) is 5.52 Å². The lowest BCUT2D eigenvalue weighted by Crippen LogP contribution is -2.04. The van der Waals surface area contributed by atoms with Crippen LogP contribution in [-0.2, 0) is 0 Å². The van der Waals surface area contributed by atoms with Gasteiger partial charge in [-0.1, -0.05) is 0 Å². The second-order valence-electron chi connectivity index (χ2n) is 3.09. The number of fused-ring (bicyclic) bond motifs is 1. The standard InChI is InChI=1S/C10H7FN2O2/c1-5-12-8-3-2-6(11)4-7(8)9(13-5)10(14)15/h2-4H,1H3,(H,14,15). The highest BCUT2D eigenvalue weighted by Crippen LogP contribution is 2.17. The molecule has 1 aromatic carbocycles. The molecule has 0 spiro atoms. The number of hydrogen-bond acceptors (Lipinski definition) is 3. The molecule has 0 radical (unpaired) electrons. The number of aryl methyl sites for hydroxylation is 1. The predicted molar refractivity (Wildman–Crippen MR) is 51.2 cm³/mol. The van der Waals surface area contributed by atoms with Gasteiger partial charge in [-0.05, 0) is 25.1 Å². The summed E-state index contributed by atoms with van der Waals surface area (Å²) in [5.41, 5.74) is 0.262. The predicted octanol–water partition coefficient (Wildman–Crippen LogP) is 1.78. The molecule has 0 unspecified atom stereocenters. The van der Waals surface area contributed by atoms with Crippen molar-refractivity contribution in [3.05, 3.63) is 35.5 Å². The van der Waals surface area contributed by atoms with Crippen molar-refractivity contribution < 1.29 is 14.3 Å². The zero-order chi connectivity index (χ0) is 11.0. The van der Waals surface area contributed by atoms with E-state index in [1.54, 1.807) is 6.92 Å². The third kappa shape index (κ3) is 1.63. The van der Waals surface area contributed by atoms with E-state index in [4.69, 9.17) is 5.11 Å². The number of benzene rings is 1. The Kier molecular flexibility index (Phi) is 2.07. The Balaban J connectivity index is 2.87. The van der Waals surface area contributed by atoms with Crippen molar-refractivity contribution in [2.45, 2.75) is 6.92 Å². The lowest BCUT2D eigenvalue weighted by atomic mass is 10.2. The van der Waals surface area contributed by atoms with E-state index in [0.29, 0.717) is 11.3 Å². The minimum Gasteiger partial charge on any atom is -0.476 e. The molecule has 1 aromatic heterocycles. The summed E-state index contributed by atoms with van der Waals surface area (Å²) in [6, 6.07) is 3.80. The first kappa shape index (κ1) is 9.51. The molecule has 0 saturated carbocycles. The van der Waals surface area contributed by atoms with E-state index in [9.17, 15) is 9.18 Å². The van der Waals surface area contributed by atoms with Crippen LogP contribution in [-0.4, -0.2) is 21.0 Å². The van der Waals surface area contributed by atoms with Gasteiger partial charge in [0.25, 0.3) is 0 Å². The Bertz CT molecular complexity index is 554. The van der Waals surface area contributed by atoms with Crippen LogP contribution in [0.4, 0.5) is 4.39 Å². The maximum atomic E-state index is 12.9. The molecule has 0 bridgehead atoms. The Hall–Kier alpha value is -2.04. The van der Waals surface area contributed by atoms with Gasteiger partial charge < -0.3 is 5.11 Å². The molecule has 76 valence electrons. The second-order valence-corrected chi connectivity index (χ2v) is 3.09. The summed E-state index contributed by atoms with van der Waals surface area (Å²) in [4.78, 5) is 18.6. The van der Waals surface area contributed by atoms with Crippen molar-refractivity contribution in [1.29, 1.82) is 0 Å². The van der Waals surface area contributed by atoms with Crippen molar-refractivity contribution in [3.63, 3.8) is 0 Å². The average molecular weight is 206 g/mol. The van der Waals surface area contributed by atoms with Gasteiger partial charge in [-0.25, -0.2) is 19.2 Å². The summed E-state index contributed by atoms with van der Waals surface area (Å²) >= 11 is 0. The van der Waals surface area contributed by atoms with Crippen molar-refractivity contribution >= 4 is 16.9 Å². The summed E-state index contributed by atoms with van der Waals surface area (Å²) in [6.07, 6.45) is 0. The molecule has 2 rings (SSSR count). The fourth-order valence-electron chi connectivity index (χ4n) is 1.38. The summed E-state index contributed by atoms with van der Waals surface area (Å²) < 4.78 is 12.9. The molecule has 0 aliphatic carbocycles. The highest BCUT2D eigenvalue weighted by Gasteiger charge is 2.12. The molecule has 0 aliphatic rings. The minimum atomic E-state index is -1.18. The molecule has 1 N–H and O–H groups in total. The van der Waals surface area contributed by atoms with Gasteiger partial charge in [-0.15, -0.1) is 0 Å². The number of carboxylic acid groups (broad SMARTS) is 1. The summed E-state index contributed by atoms with van der Waals surface area (Å²) in [7, 11) is 0. The van der Waals surface area contributed by atoms with Gasteiger partial charge in [0.1, 0.15) is 11.6 Å². The SMILES string of the molecule is Cc1nc(C(=O)O)c2cc(F)ccc2n1. The van der Waals surface area contributed by atoms with E-state index in [1.807, 2.05) is 0 Å². The Morgan fingerprint density at radius 1 is 1.40 bits per heavy atom. The van der Waals surface area contributed by atoms with Gasteiger partial charge in [0.15, 0.2) is 5.69 Å². The Morgan fingerprint density at radius 2 is 2.13 bits per heavy atom. The van der Waals surface area contributed by atoms with Crippen LogP contribution < -0.4 is 0 Å². The van der Waals surface area contributed by atoms with Crippen LogP contribution in [0.5, 0.6) is 0 Å². The first-order valence-corrected chi connectivity index (χ1v) is 4.25. The normalized spacial score (nSPS) is 10.5. The molecule has 0 aliphatic heterocycles. The monoisotopic (exact) mass is 206 g/mol. The fraction of sp³-hybridized carbons (Fsp3) is 0.100. The second kappa shape index (κ2) is 3.27. The smallest absolute Gasteiger partial charge is 0.355 e. The van der Waals surface area contributed by atoms with Crippen LogP contribution in [0.3, 0.4) is 0 Å². The van der Waals surface area contributed by atoms with Crippen molar-refractivity contribution in [2.24, 2.45) is 0 Å². The molecule has 5 heteroatoms. The summed E-state index contributed by atoms with van der Waals surface area (Å²) in [5, 5.41) is 9.10. The van der Waals surface area contributed by atoms with Crippen LogP contribution in [0, 0.1) is 12.7 Å². The van der Waals surface area contributed by atoms with E-state index in [2.05, 4.69) is 9.97 Å². The highest BCUT2D eigenvalue weighted by atomic mass is 19.1. The number of nitrogens with zero attached hydrogens (tertiary/aromatic N) is 2. The van der Waals surface area contributed by atoms with Gasteiger partial charge in [0, 0.05) is 5.39 Å². The van der Waals surface area contributed by atoms with E-state index in [-0.39, 0.29) is 11.1 Å². The van der Waals surface area contributed by atoms with Crippen molar-refractivity contribution in [1.82, 2.24) is 9.97 Å². The van der Waals surface area contributed by atoms with Gasteiger partial charge in [-0.2, -0.15) is 0 Å². The lowest BCUT2D eigenvalue weighted by Gasteiger charge is -2.02. The lowest BCUT2D eigenvalue weighted by molar-refractivity contribution is 0.0692. The van der Waals surface area contributed by atoms with Gasteiger partial charge in [-0.3, -0.25) is 0 Å². The summed E-state index contributed by atoms with van der Waals surface area (Å²) in [5.74, 6) is -1.33. The maximum Gasteiger partial charge on any atom is 0.355 e. The quantitative estimate of drug-likeness (QED) is 0.772. The third-order valence-electron chi connectivity index (χ3n) is 1.97. The average Bonchev–Trinajstić information content (AvgIpc) is 2.17. The largest absolute Gasteiger partial charge is 0.476 e. The molecular formula is C10H7FN2O2. The number of aromatic carboxylic acids is 1. The van der Waals surface area contributed by atoms with Crippen LogP contribution in [0.15, 0.2) is 18.2 Å². The molecule has 0 fully saturated rings. The first-order valence-electron chi connectivity index (χ1n) is 4.25. The number of carbonyl (C=O) groups is 1. The number of aromatic nitrogens is 2. The van der Waals surface area contributed by atoms with Crippen LogP contribution in [0.1, 0.15) is 16.3 Å². The minimum absolute atomic E-state index is 0.169. The Labute approximate surface area is 84.4 Å². The first-order chi connectivity index (χ1) is 7.08. The van der Waals surface area contributed by atoms with Crippen LogP contribution in [0.25, 0.3) is 10.9 Å². The number of hydrogen-bond donors (Lipinski definition) is 1. The Morgan fingerprint density at radius 3 is 2.80 bits per heavy atom. The van der Waals surface area contributed by atoms with E-state index in [1.165, 1.54) is 12.1 Å². The zero-order valence-electron chi connectivity index (χ0n) is 7.86. The fourth-order valence-corrected chi connectivity index (χ4v) is 1.38. The highest BCUT2D eigenvalue weighted by molar-refractivity contribution is 6.00. The third-order valence-corrected chi connectivity index (χ3v) is 1.97. The molecule has 0 atom stereocenters. The van der Waals surface area contributed by atoms with Crippen molar-refractivity contribution in [3.8, 4) is 0 Å². The number of rotatable bonds is 1. The molecule has 15 heavy (non-hydrogen) atoms. The van der Waals surface area contributed by atoms with Crippen molar-refractivity contribution in [2.75, 3.05) is 0 Å². The van der Waals surface area contributed by atoms with E-state index >= 15 is 0 Å². The van der Waals surface area contributed by atoms with E-state index in [0.717, 1.165) is 6.07 Å². The molecule has 0 amide bonds. The molecule has 4 nitrogen and oxygen atoms in total. The maximum absolute atomic E-state index is 12.9. The molecule has 1 heterocycles. The molecule has 2 aromatic rings. The topological polar surface area (TPSA) is 63.1 Å². The van der Waals surface area contributed by atoms with Crippen LogP contribution in [0.2, 0.25) is 0 Å². The van der Waals surface area contributed by atoms with E-state index < -0.39 is 11.8 Å².